The van der Waals surface area contributed by atoms with Crippen molar-refractivity contribution in [1.29, 1.82) is 0 Å². The molecule has 0 heterocycles. The Hall–Kier alpha value is -2.75. The number of benzene rings is 3. The van der Waals surface area contributed by atoms with E-state index in [4.69, 9.17) is 21.1 Å². The average Bonchev–Trinajstić information content (AvgIpc) is 2.79. The summed E-state index contributed by atoms with van der Waals surface area (Å²) in [5.74, 6) is 0.427. The van der Waals surface area contributed by atoms with E-state index in [1.54, 1.807) is 48.5 Å². The lowest BCUT2D eigenvalue weighted by Crippen LogP contribution is -2.38. The van der Waals surface area contributed by atoms with E-state index in [1.807, 2.05) is 6.92 Å². The van der Waals surface area contributed by atoms with Crippen molar-refractivity contribution in [3.63, 3.8) is 0 Å². The fraction of sp³-hybridized carbons (Fsp3) is 0.174. The second-order valence-corrected chi connectivity index (χ2v) is 10.00. The summed E-state index contributed by atoms with van der Waals surface area (Å²) in [4.78, 5) is 13.0. The number of halogens is 2. The van der Waals surface area contributed by atoms with E-state index in [1.165, 1.54) is 25.3 Å². The minimum atomic E-state index is -4.05. The summed E-state index contributed by atoms with van der Waals surface area (Å²) in [5, 5.41) is 3.08. The van der Waals surface area contributed by atoms with Crippen LogP contribution >= 0.6 is 27.5 Å². The molecule has 0 fully saturated rings. The van der Waals surface area contributed by atoms with Crippen molar-refractivity contribution in [2.24, 2.45) is 0 Å². The molecule has 3 rings (SSSR count). The summed E-state index contributed by atoms with van der Waals surface area (Å²) in [6.07, 6.45) is 0. The van der Waals surface area contributed by atoms with Crippen molar-refractivity contribution in [2.75, 3.05) is 29.9 Å². The minimum Gasteiger partial charge on any atom is -0.495 e. The monoisotopic (exact) mass is 552 g/mol. The fourth-order valence-corrected chi connectivity index (χ4v) is 4.88. The number of nitrogens with one attached hydrogen (secondary N) is 1. The highest BCUT2D eigenvalue weighted by atomic mass is 79.9. The van der Waals surface area contributed by atoms with Crippen molar-refractivity contribution >= 4 is 54.8 Å². The Morgan fingerprint density at radius 2 is 1.73 bits per heavy atom. The molecule has 33 heavy (non-hydrogen) atoms. The van der Waals surface area contributed by atoms with E-state index >= 15 is 0 Å². The summed E-state index contributed by atoms with van der Waals surface area (Å²) >= 11 is 9.34. The molecule has 1 amide bonds. The normalized spacial score (nSPS) is 11.0. The molecule has 10 heteroatoms. The lowest BCUT2D eigenvalue weighted by atomic mass is 10.3. The molecule has 0 atom stereocenters. The first-order chi connectivity index (χ1) is 15.7. The highest BCUT2D eigenvalue weighted by Gasteiger charge is 2.27. The van der Waals surface area contributed by atoms with Gasteiger partial charge in [-0.3, -0.25) is 9.10 Å². The Kier molecular flexibility index (Phi) is 8.23. The molecule has 0 saturated carbocycles. The maximum absolute atomic E-state index is 13.5. The molecule has 0 spiro atoms. The van der Waals surface area contributed by atoms with Gasteiger partial charge in [-0.15, -0.1) is 0 Å². The van der Waals surface area contributed by atoms with Crippen LogP contribution in [0.3, 0.4) is 0 Å². The van der Waals surface area contributed by atoms with Crippen LogP contribution in [0.5, 0.6) is 11.5 Å². The van der Waals surface area contributed by atoms with Crippen LogP contribution < -0.4 is 19.1 Å². The second kappa shape index (κ2) is 10.9. The van der Waals surface area contributed by atoms with Gasteiger partial charge in [-0.05, 0) is 73.7 Å². The van der Waals surface area contributed by atoms with E-state index in [0.29, 0.717) is 34.5 Å². The van der Waals surface area contributed by atoms with E-state index in [2.05, 4.69) is 21.2 Å². The molecule has 3 aromatic carbocycles. The van der Waals surface area contributed by atoms with Crippen molar-refractivity contribution in [3.8, 4) is 11.5 Å². The molecule has 0 saturated heterocycles. The third-order valence-corrected chi connectivity index (χ3v) is 7.11. The lowest BCUT2D eigenvalue weighted by Gasteiger charge is -2.24. The summed E-state index contributed by atoms with van der Waals surface area (Å²) < 4.78 is 39.4. The molecule has 0 aliphatic carbocycles. The largest absolute Gasteiger partial charge is 0.495 e. The van der Waals surface area contributed by atoms with Gasteiger partial charge in [-0.25, -0.2) is 8.42 Å². The van der Waals surface area contributed by atoms with Gasteiger partial charge >= 0.3 is 0 Å². The number of hydrogen-bond acceptors (Lipinski definition) is 5. The number of anilines is 2. The highest BCUT2D eigenvalue weighted by Crippen LogP contribution is 2.29. The molecule has 1 N–H and O–H groups in total. The molecule has 0 radical (unpaired) electrons. The molecular weight excluding hydrogens is 532 g/mol. The summed E-state index contributed by atoms with van der Waals surface area (Å²) in [6.45, 7) is 1.86. The van der Waals surface area contributed by atoms with Crippen LogP contribution in [-0.2, 0) is 14.8 Å². The zero-order chi connectivity index (χ0) is 24.0. The quantitative estimate of drug-likeness (QED) is 0.386. The number of sulfonamides is 1. The number of ether oxygens (including phenoxy) is 2. The van der Waals surface area contributed by atoms with Gasteiger partial charge in [0.25, 0.3) is 10.0 Å². The summed E-state index contributed by atoms with van der Waals surface area (Å²) in [7, 11) is -2.59. The Morgan fingerprint density at radius 3 is 2.33 bits per heavy atom. The standard InChI is InChI=1S/C23H22BrClN2O5S/c1-3-32-19-9-7-18(8-10-19)27(33(29,30)20-11-4-16(24)5-12-20)15-23(28)26-21-14-17(25)6-13-22(21)31-2/h4-14H,3,15H2,1-2H3,(H,26,28). The van der Waals surface area contributed by atoms with E-state index in [9.17, 15) is 13.2 Å². The number of hydrogen-bond donors (Lipinski definition) is 1. The van der Waals surface area contributed by atoms with Gasteiger partial charge in [0.05, 0.1) is 30.0 Å². The van der Waals surface area contributed by atoms with E-state index in [-0.39, 0.29) is 4.90 Å². The number of carbonyl (C=O) groups is 1. The van der Waals surface area contributed by atoms with Crippen molar-refractivity contribution in [1.82, 2.24) is 0 Å². The first-order valence-corrected chi connectivity index (χ1v) is 12.5. The molecule has 7 nitrogen and oxygen atoms in total. The van der Waals surface area contributed by atoms with Gasteiger partial charge < -0.3 is 14.8 Å². The number of nitrogens with zero attached hydrogens (tertiary/aromatic N) is 1. The third-order valence-electron chi connectivity index (χ3n) is 4.56. The Bertz CT molecular complexity index is 1220. The van der Waals surface area contributed by atoms with Gasteiger partial charge in [-0.1, -0.05) is 27.5 Å². The first kappa shape index (κ1) is 24.9. The molecule has 3 aromatic rings. The molecule has 0 aliphatic heterocycles. The van der Waals surface area contributed by atoms with Crippen molar-refractivity contribution < 1.29 is 22.7 Å². The van der Waals surface area contributed by atoms with E-state index in [0.717, 1.165) is 8.78 Å². The van der Waals surface area contributed by atoms with E-state index < -0.39 is 22.5 Å². The maximum Gasteiger partial charge on any atom is 0.264 e. The summed E-state index contributed by atoms with van der Waals surface area (Å²) in [5.41, 5.74) is 0.650. The van der Waals surface area contributed by atoms with Crippen molar-refractivity contribution in [3.05, 3.63) is 76.2 Å². The first-order valence-electron chi connectivity index (χ1n) is 9.89. The second-order valence-electron chi connectivity index (χ2n) is 6.79. The Morgan fingerprint density at radius 1 is 1.06 bits per heavy atom. The third kappa shape index (κ3) is 6.19. The van der Waals surface area contributed by atoms with Crippen LogP contribution in [0, 0.1) is 0 Å². The number of methoxy groups -OCH3 is 1. The topological polar surface area (TPSA) is 84.9 Å². The van der Waals surface area contributed by atoms with Gasteiger partial charge in [-0.2, -0.15) is 0 Å². The molecule has 174 valence electrons. The zero-order valence-corrected chi connectivity index (χ0v) is 21.1. The van der Waals surface area contributed by atoms with Crippen LogP contribution in [0.15, 0.2) is 76.1 Å². The zero-order valence-electron chi connectivity index (χ0n) is 17.9. The fourth-order valence-electron chi connectivity index (χ4n) is 3.02. The minimum absolute atomic E-state index is 0.0488. The SMILES string of the molecule is CCOc1ccc(N(CC(=O)Nc2cc(Cl)ccc2OC)S(=O)(=O)c2ccc(Br)cc2)cc1. The van der Waals surface area contributed by atoms with Crippen molar-refractivity contribution in [2.45, 2.75) is 11.8 Å². The van der Waals surface area contributed by atoms with Crippen LogP contribution in [-0.4, -0.2) is 34.6 Å². The van der Waals surface area contributed by atoms with Crippen LogP contribution in [0.1, 0.15) is 6.92 Å². The molecule has 0 unspecified atom stereocenters. The summed E-state index contributed by atoms with van der Waals surface area (Å²) in [6, 6.07) is 17.5. The molecular formula is C23H22BrClN2O5S. The van der Waals surface area contributed by atoms with Crippen LogP contribution in [0.4, 0.5) is 11.4 Å². The molecule has 0 aliphatic rings. The van der Waals surface area contributed by atoms with Gasteiger partial charge in [0.1, 0.15) is 18.0 Å². The Labute approximate surface area is 206 Å². The smallest absolute Gasteiger partial charge is 0.264 e. The van der Waals surface area contributed by atoms with Crippen LogP contribution in [0.25, 0.3) is 0 Å². The predicted octanol–water partition coefficient (Wildman–Crippen LogP) is 5.34. The Balaban J connectivity index is 1.95. The highest BCUT2D eigenvalue weighted by molar-refractivity contribution is 9.10. The lowest BCUT2D eigenvalue weighted by molar-refractivity contribution is -0.114. The van der Waals surface area contributed by atoms with Crippen LogP contribution in [0.2, 0.25) is 5.02 Å². The number of amides is 1. The average molecular weight is 554 g/mol. The predicted molar refractivity (Wildman–Crippen MR) is 133 cm³/mol. The van der Waals surface area contributed by atoms with Gasteiger partial charge in [0.15, 0.2) is 0 Å². The molecule has 0 bridgehead atoms. The maximum atomic E-state index is 13.5. The van der Waals surface area contributed by atoms with Gasteiger partial charge in [0, 0.05) is 9.50 Å². The number of carbonyl (C=O) groups excluding carboxylic acids is 1. The van der Waals surface area contributed by atoms with Gasteiger partial charge in [0.2, 0.25) is 5.91 Å². The molecule has 0 aromatic heterocycles. The number of rotatable bonds is 9.